The molecule has 2 aromatic carbocycles. The molecular formula is C27H29BrN2O7S2. The molecule has 0 bridgehead atoms. The summed E-state index contributed by atoms with van der Waals surface area (Å²) < 4.78 is 38.4. The Morgan fingerprint density at radius 3 is 2.51 bits per heavy atom. The van der Waals surface area contributed by atoms with Crippen molar-refractivity contribution in [2.75, 3.05) is 31.6 Å². The number of carbonyl (C=O) groups excluding carboxylic acids is 1. The summed E-state index contributed by atoms with van der Waals surface area (Å²) >= 11 is 4.64. The van der Waals surface area contributed by atoms with Crippen molar-refractivity contribution in [1.29, 1.82) is 0 Å². The number of ether oxygens (including phenoxy) is 2. The number of nitrogens with zero attached hydrogens (tertiary/aromatic N) is 1. The van der Waals surface area contributed by atoms with Gasteiger partial charge < -0.3 is 19.9 Å². The lowest BCUT2D eigenvalue weighted by Crippen LogP contribution is -2.42. The van der Waals surface area contributed by atoms with Crippen molar-refractivity contribution in [3.63, 3.8) is 0 Å². The average Bonchev–Trinajstić information content (AvgIpc) is 3.24. The van der Waals surface area contributed by atoms with E-state index in [1.165, 1.54) is 0 Å². The molecule has 0 saturated carbocycles. The van der Waals surface area contributed by atoms with E-state index in [1.807, 2.05) is 54.6 Å². The van der Waals surface area contributed by atoms with Gasteiger partial charge >= 0.3 is 11.9 Å². The van der Waals surface area contributed by atoms with Crippen LogP contribution in [-0.2, 0) is 25.3 Å². The van der Waals surface area contributed by atoms with E-state index in [9.17, 15) is 18.0 Å². The van der Waals surface area contributed by atoms with Gasteiger partial charge in [-0.3, -0.25) is 0 Å². The number of carboxylic acid groups (broad SMARTS) is 1. The fourth-order valence-electron chi connectivity index (χ4n) is 4.32. The van der Waals surface area contributed by atoms with E-state index >= 15 is 0 Å². The summed E-state index contributed by atoms with van der Waals surface area (Å²) in [6.45, 7) is 2.15. The Hall–Kier alpha value is -2.93. The topological polar surface area (TPSA) is 122 Å². The Bertz CT molecular complexity index is 1420. The summed E-state index contributed by atoms with van der Waals surface area (Å²) in [5.41, 5.74) is 2.43. The largest absolute Gasteiger partial charge is 0.479 e. The van der Waals surface area contributed by atoms with E-state index in [4.69, 9.17) is 14.6 Å². The first-order valence-electron chi connectivity index (χ1n) is 12.4. The molecule has 12 heteroatoms. The maximum Gasteiger partial charge on any atom is 0.352 e. The van der Waals surface area contributed by atoms with Gasteiger partial charge in [-0.2, -0.15) is 0 Å². The van der Waals surface area contributed by atoms with Gasteiger partial charge in [0.15, 0.2) is 17.2 Å². The fraction of sp³-hybridized carbons (Fsp3) is 0.333. The van der Waals surface area contributed by atoms with Crippen LogP contribution in [0.2, 0.25) is 0 Å². The van der Waals surface area contributed by atoms with Crippen molar-refractivity contribution in [2.45, 2.75) is 31.6 Å². The van der Waals surface area contributed by atoms with Gasteiger partial charge in [-0.25, -0.2) is 22.3 Å². The molecule has 0 unspecified atom stereocenters. The Morgan fingerprint density at radius 1 is 1.13 bits per heavy atom. The molecule has 9 nitrogen and oxygen atoms in total. The zero-order valence-electron chi connectivity index (χ0n) is 21.3. The molecule has 2 N–H and O–H groups in total. The first-order valence-corrected chi connectivity index (χ1v) is 15.6. The highest BCUT2D eigenvalue weighted by Crippen LogP contribution is 2.46. The summed E-state index contributed by atoms with van der Waals surface area (Å²) in [7, 11) is -3.39. The van der Waals surface area contributed by atoms with E-state index in [1.54, 1.807) is 11.2 Å². The highest BCUT2D eigenvalue weighted by Gasteiger charge is 2.29. The van der Waals surface area contributed by atoms with Gasteiger partial charge in [-0.15, -0.1) is 11.3 Å². The van der Waals surface area contributed by atoms with Gasteiger partial charge in [-0.05, 0) is 59.0 Å². The number of hydrogen-bond donors (Lipinski definition) is 2. The average molecular weight is 638 g/mol. The molecule has 1 fully saturated rings. The number of esters is 1. The lowest BCUT2D eigenvalue weighted by molar-refractivity contribution is -0.139. The maximum atomic E-state index is 12.9. The fourth-order valence-corrected chi connectivity index (χ4v) is 7.82. The zero-order valence-corrected chi connectivity index (χ0v) is 24.5. The third-order valence-corrected chi connectivity index (χ3v) is 10.2. The van der Waals surface area contributed by atoms with Crippen LogP contribution >= 0.6 is 27.3 Å². The van der Waals surface area contributed by atoms with Crippen molar-refractivity contribution in [1.82, 2.24) is 4.31 Å². The van der Waals surface area contributed by atoms with E-state index < -0.39 is 28.6 Å². The third-order valence-electron chi connectivity index (χ3n) is 6.14. The van der Waals surface area contributed by atoms with Crippen LogP contribution in [0.5, 0.6) is 5.75 Å². The number of anilines is 1. The molecule has 0 spiro atoms. The number of carbonyl (C=O) groups is 2. The Kier molecular flexibility index (Phi) is 9.65. The summed E-state index contributed by atoms with van der Waals surface area (Å²) in [6, 6.07) is 16.9. The minimum Gasteiger partial charge on any atom is -0.479 e. The number of aliphatic carboxylic acids is 1. The second-order valence-electron chi connectivity index (χ2n) is 8.95. The minimum absolute atomic E-state index is 0.00434. The molecular weight excluding hydrogens is 608 g/mol. The van der Waals surface area contributed by atoms with Crippen LogP contribution < -0.4 is 10.1 Å². The normalized spacial score (nSPS) is 14.6. The molecule has 0 atom stereocenters. The van der Waals surface area contributed by atoms with Crippen molar-refractivity contribution in [3.8, 4) is 16.2 Å². The number of rotatable bonds is 11. The van der Waals surface area contributed by atoms with Crippen LogP contribution in [0, 0.1) is 0 Å². The lowest BCUT2D eigenvalue weighted by atomic mass is 10.1. The number of sulfonamides is 1. The van der Waals surface area contributed by atoms with Crippen molar-refractivity contribution >= 4 is 54.9 Å². The number of carboxylic acids is 1. The van der Waals surface area contributed by atoms with Crippen LogP contribution in [0.1, 0.15) is 35.0 Å². The quantitative estimate of drug-likeness (QED) is 0.275. The number of benzene rings is 2. The van der Waals surface area contributed by atoms with Crippen molar-refractivity contribution in [3.05, 3.63) is 69.5 Å². The third kappa shape index (κ3) is 7.38. The molecule has 0 radical (unpaired) electrons. The molecule has 1 aliphatic heterocycles. The van der Waals surface area contributed by atoms with Crippen molar-refractivity contribution < 1.29 is 32.6 Å². The molecule has 1 aromatic heterocycles. The van der Waals surface area contributed by atoms with E-state index in [2.05, 4.69) is 21.2 Å². The van der Waals surface area contributed by atoms with Crippen LogP contribution in [0.25, 0.3) is 10.4 Å². The number of thiophene rings is 1. The molecule has 1 saturated heterocycles. The Balaban J connectivity index is 1.45. The van der Waals surface area contributed by atoms with E-state index in [0.717, 1.165) is 28.2 Å². The highest BCUT2D eigenvalue weighted by atomic mass is 79.9. The van der Waals surface area contributed by atoms with Gasteiger partial charge in [0.05, 0.1) is 21.7 Å². The second kappa shape index (κ2) is 12.9. The Labute approximate surface area is 239 Å². The lowest BCUT2D eigenvalue weighted by Gasteiger charge is -2.32. The van der Waals surface area contributed by atoms with Crippen LogP contribution in [-0.4, -0.2) is 62.1 Å². The highest BCUT2D eigenvalue weighted by molar-refractivity contribution is 9.10. The smallest absolute Gasteiger partial charge is 0.352 e. The van der Waals surface area contributed by atoms with Gasteiger partial charge in [0.25, 0.3) is 0 Å². The molecule has 4 rings (SSSR count). The second-order valence-corrected chi connectivity index (χ2v) is 12.7. The molecule has 208 valence electrons. The van der Waals surface area contributed by atoms with E-state index in [-0.39, 0.29) is 29.0 Å². The molecule has 2 heterocycles. The molecule has 39 heavy (non-hydrogen) atoms. The van der Waals surface area contributed by atoms with E-state index in [0.29, 0.717) is 35.3 Å². The predicted octanol–water partition coefficient (Wildman–Crippen LogP) is 5.22. The summed E-state index contributed by atoms with van der Waals surface area (Å²) in [6.07, 6.45) is 1.34. The van der Waals surface area contributed by atoms with Crippen LogP contribution in [0.4, 0.5) is 5.69 Å². The van der Waals surface area contributed by atoms with Gasteiger partial charge in [0, 0.05) is 24.8 Å². The van der Waals surface area contributed by atoms with Crippen molar-refractivity contribution in [2.24, 2.45) is 0 Å². The first kappa shape index (κ1) is 29.1. The number of nitrogens with one attached hydrogen (secondary N) is 1. The molecule has 0 aliphatic carbocycles. The number of halogens is 1. The first-order chi connectivity index (χ1) is 18.7. The summed E-state index contributed by atoms with van der Waals surface area (Å²) in [5.74, 6) is -1.61. The predicted molar refractivity (Wildman–Crippen MR) is 154 cm³/mol. The van der Waals surface area contributed by atoms with Crippen LogP contribution in [0.15, 0.2) is 59.1 Å². The van der Waals surface area contributed by atoms with Gasteiger partial charge in [-0.1, -0.05) is 42.5 Å². The molecule has 1 aliphatic rings. The summed E-state index contributed by atoms with van der Waals surface area (Å²) in [5, 5.41) is 12.5. The summed E-state index contributed by atoms with van der Waals surface area (Å²) in [4.78, 5) is 24.5. The Morgan fingerprint density at radius 2 is 1.85 bits per heavy atom. The molecule has 3 aromatic rings. The van der Waals surface area contributed by atoms with Gasteiger partial charge in [0.1, 0.15) is 0 Å². The number of hydrogen-bond acceptors (Lipinski definition) is 8. The number of piperidine rings is 1. The van der Waals surface area contributed by atoms with Crippen LogP contribution in [0.3, 0.4) is 0 Å². The standard InChI is InChI=1S/C27H29BrN2O7S2/c1-2-36-27(33)26-24(37-16-22(31)32)23(28)25(38-26)19-9-6-10-21(15-19)29-20-11-13-30(14-12-20)39(34,35)17-18-7-4-3-5-8-18/h3-10,15,20,29H,2,11-14,16-17H2,1H3,(H,31,32). The van der Waals surface area contributed by atoms with Gasteiger partial charge in [0.2, 0.25) is 10.0 Å². The maximum absolute atomic E-state index is 12.9. The zero-order chi connectivity index (χ0) is 28.0. The monoisotopic (exact) mass is 636 g/mol. The minimum atomic E-state index is -3.39. The SMILES string of the molecule is CCOC(=O)c1sc(-c2cccc(NC3CCN(S(=O)(=O)Cc4ccccc4)CC3)c2)c(Br)c1OCC(=O)O. The molecule has 0 amide bonds.